The van der Waals surface area contributed by atoms with E-state index in [0.717, 1.165) is 15.9 Å². The van der Waals surface area contributed by atoms with Gasteiger partial charge < -0.3 is 5.21 Å². The Labute approximate surface area is 120 Å². The van der Waals surface area contributed by atoms with Crippen LogP contribution in [-0.2, 0) is 5.54 Å². The van der Waals surface area contributed by atoms with E-state index in [1.807, 2.05) is 67.6 Å². The summed E-state index contributed by atoms with van der Waals surface area (Å²) in [7, 11) is 0. The Kier molecular flexibility index (Phi) is 4.36. The molecule has 0 amide bonds. The lowest BCUT2D eigenvalue weighted by molar-refractivity contribution is -0.549. The van der Waals surface area contributed by atoms with Crippen LogP contribution in [0.5, 0.6) is 0 Å². The first-order valence-electron chi connectivity index (χ1n) is 6.69. The quantitative estimate of drug-likeness (QED) is 0.263. The first-order valence-corrected chi connectivity index (χ1v) is 6.69. The summed E-state index contributed by atoms with van der Waals surface area (Å²) in [6.45, 7) is 5.72. The third-order valence-electron chi connectivity index (χ3n) is 3.49. The van der Waals surface area contributed by atoms with E-state index >= 15 is 0 Å². The lowest BCUT2D eigenvalue weighted by atomic mass is 9.89. The zero-order valence-electron chi connectivity index (χ0n) is 11.7. The Morgan fingerprint density at radius 3 is 2.15 bits per heavy atom. The lowest BCUT2D eigenvalue weighted by Crippen LogP contribution is -2.33. The van der Waals surface area contributed by atoms with Crippen LogP contribution >= 0.6 is 0 Å². The lowest BCUT2D eigenvalue weighted by Gasteiger charge is -2.27. The van der Waals surface area contributed by atoms with E-state index in [1.165, 1.54) is 0 Å². The highest BCUT2D eigenvalue weighted by Gasteiger charge is 2.33. The minimum Gasteiger partial charge on any atom is -0.623 e. The van der Waals surface area contributed by atoms with Crippen molar-refractivity contribution in [2.45, 2.75) is 18.9 Å². The largest absolute Gasteiger partial charge is 0.623 e. The Bertz CT molecular complexity index is 589. The third kappa shape index (κ3) is 2.97. The number of nitrogens with zero attached hydrogens (tertiary/aromatic N) is 1. The number of benzene rings is 2. The van der Waals surface area contributed by atoms with Gasteiger partial charge in [0.15, 0.2) is 11.8 Å². The first-order chi connectivity index (χ1) is 9.66. The van der Waals surface area contributed by atoms with Crippen LogP contribution in [0.3, 0.4) is 0 Å². The predicted molar refractivity (Wildman–Crippen MR) is 83.8 cm³/mol. The zero-order chi connectivity index (χ0) is 14.4. The van der Waals surface area contributed by atoms with Gasteiger partial charge in [0.1, 0.15) is 0 Å². The molecule has 0 radical (unpaired) electrons. The number of hydrogen-bond donors (Lipinski definition) is 0. The van der Waals surface area contributed by atoms with E-state index in [4.69, 9.17) is 0 Å². The Morgan fingerprint density at radius 1 is 1.05 bits per heavy atom. The van der Waals surface area contributed by atoms with Gasteiger partial charge in [0.25, 0.3) is 0 Å². The summed E-state index contributed by atoms with van der Waals surface area (Å²) < 4.78 is 1.03. The summed E-state index contributed by atoms with van der Waals surface area (Å²) in [5.74, 6) is 0. The van der Waals surface area contributed by atoms with Gasteiger partial charge >= 0.3 is 0 Å². The Morgan fingerprint density at radius 2 is 1.60 bits per heavy atom. The molecule has 102 valence electrons. The van der Waals surface area contributed by atoms with Crippen molar-refractivity contribution < 1.29 is 4.74 Å². The second kappa shape index (κ2) is 6.20. The van der Waals surface area contributed by atoms with Gasteiger partial charge in [-0.15, -0.1) is 6.58 Å². The summed E-state index contributed by atoms with van der Waals surface area (Å²) in [6, 6.07) is 19.4. The molecule has 2 rings (SSSR count). The van der Waals surface area contributed by atoms with E-state index in [9.17, 15) is 5.21 Å². The molecule has 0 aliphatic carbocycles. The minimum atomic E-state index is -0.640. The van der Waals surface area contributed by atoms with Gasteiger partial charge in [0.2, 0.25) is 0 Å². The van der Waals surface area contributed by atoms with Crippen molar-refractivity contribution in [3.8, 4) is 0 Å². The highest BCUT2D eigenvalue weighted by molar-refractivity contribution is 5.75. The van der Waals surface area contributed by atoms with Gasteiger partial charge in [-0.3, -0.25) is 0 Å². The normalized spacial score (nSPS) is 14.6. The summed E-state index contributed by atoms with van der Waals surface area (Å²) in [5, 5.41) is 12.6. The second-order valence-corrected chi connectivity index (χ2v) is 5.00. The molecule has 0 bridgehead atoms. The van der Waals surface area contributed by atoms with Gasteiger partial charge in [0, 0.05) is 24.5 Å². The van der Waals surface area contributed by atoms with Crippen molar-refractivity contribution in [2.24, 2.45) is 0 Å². The maximum atomic E-state index is 12.6. The molecule has 2 aromatic carbocycles. The van der Waals surface area contributed by atoms with E-state index in [2.05, 4.69) is 6.58 Å². The maximum Gasteiger partial charge on any atom is 0.198 e. The molecule has 0 heterocycles. The fourth-order valence-corrected chi connectivity index (χ4v) is 2.23. The summed E-state index contributed by atoms with van der Waals surface area (Å²) in [5.41, 5.74) is 1.24. The maximum absolute atomic E-state index is 12.6. The van der Waals surface area contributed by atoms with Crippen LogP contribution in [-0.4, -0.2) is 11.0 Å². The fourth-order valence-electron chi connectivity index (χ4n) is 2.23. The van der Waals surface area contributed by atoms with Crippen LogP contribution in [0.25, 0.3) is 0 Å². The smallest absolute Gasteiger partial charge is 0.198 e. The monoisotopic (exact) mass is 265 g/mol. The van der Waals surface area contributed by atoms with Crippen LogP contribution in [0.1, 0.15) is 24.5 Å². The molecule has 0 aromatic heterocycles. The molecule has 0 aliphatic heterocycles. The van der Waals surface area contributed by atoms with Gasteiger partial charge in [-0.2, -0.15) is 0 Å². The Hall–Kier alpha value is -2.35. The molecule has 0 aliphatic rings. The zero-order valence-corrected chi connectivity index (χ0v) is 11.7. The molecule has 0 spiro atoms. The molecule has 0 saturated heterocycles. The van der Waals surface area contributed by atoms with Crippen molar-refractivity contribution in [1.29, 1.82) is 0 Å². The highest BCUT2D eigenvalue weighted by Crippen LogP contribution is 2.28. The molecular weight excluding hydrogens is 246 g/mol. The molecule has 2 heteroatoms. The van der Waals surface area contributed by atoms with E-state index in [-0.39, 0.29) is 0 Å². The molecule has 0 unspecified atom stereocenters. The summed E-state index contributed by atoms with van der Waals surface area (Å²) >= 11 is 0. The van der Waals surface area contributed by atoms with Crippen LogP contribution in [0.15, 0.2) is 73.3 Å². The van der Waals surface area contributed by atoms with Gasteiger partial charge in [-0.05, 0) is 12.1 Å². The molecular formula is C18H19NO. The van der Waals surface area contributed by atoms with Gasteiger partial charge in [-0.1, -0.05) is 54.6 Å². The minimum absolute atomic E-state index is 0.587. The number of rotatable bonds is 5. The predicted octanol–water partition coefficient (Wildman–Crippen LogP) is 4.11. The topological polar surface area (TPSA) is 26.1 Å². The van der Waals surface area contributed by atoms with Crippen LogP contribution in [0.2, 0.25) is 0 Å². The summed E-state index contributed by atoms with van der Waals surface area (Å²) in [4.78, 5) is 0. The van der Waals surface area contributed by atoms with Crippen molar-refractivity contribution in [3.05, 3.63) is 89.7 Å². The molecule has 20 heavy (non-hydrogen) atoms. The van der Waals surface area contributed by atoms with Crippen molar-refractivity contribution in [1.82, 2.24) is 0 Å². The highest BCUT2D eigenvalue weighted by atomic mass is 16.5. The van der Waals surface area contributed by atoms with Gasteiger partial charge in [-0.25, -0.2) is 4.74 Å². The molecule has 2 nitrogen and oxygen atoms in total. The van der Waals surface area contributed by atoms with Crippen molar-refractivity contribution in [3.63, 3.8) is 0 Å². The molecule has 0 saturated carbocycles. The SMILES string of the molecule is C=CC[C@](C)(c1ccccc1)/[N+]([O-])=C/c1ccccc1. The van der Waals surface area contributed by atoms with Crippen LogP contribution in [0.4, 0.5) is 0 Å². The molecule has 1 atom stereocenters. The number of hydrogen-bond acceptors (Lipinski definition) is 1. The van der Waals surface area contributed by atoms with Crippen LogP contribution < -0.4 is 0 Å². The fraction of sp³-hybridized carbons (Fsp3) is 0.167. The van der Waals surface area contributed by atoms with E-state index in [0.29, 0.717) is 6.42 Å². The van der Waals surface area contributed by atoms with E-state index in [1.54, 1.807) is 12.3 Å². The second-order valence-electron chi connectivity index (χ2n) is 5.00. The van der Waals surface area contributed by atoms with Crippen LogP contribution in [0, 0.1) is 5.21 Å². The Balaban J connectivity index is 2.43. The number of hydroxylamine groups is 1. The summed E-state index contributed by atoms with van der Waals surface area (Å²) in [6.07, 6.45) is 4.01. The van der Waals surface area contributed by atoms with Crippen molar-refractivity contribution in [2.75, 3.05) is 0 Å². The third-order valence-corrected chi connectivity index (χ3v) is 3.49. The standard InChI is InChI=1S/C18H19NO/c1-3-14-18(2,17-12-8-5-9-13-17)19(20)15-16-10-6-4-7-11-16/h3-13,15H,1,14H2,2H3/b19-15-/t18-/m1/s1. The first kappa shape index (κ1) is 14.1. The molecule has 0 fully saturated rings. The van der Waals surface area contributed by atoms with Gasteiger partial charge in [0.05, 0.1) is 0 Å². The molecule has 2 aromatic rings. The average Bonchev–Trinajstić information content (AvgIpc) is 2.49. The average molecular weight is 265 g/mol. The molecule has 0 N–H and O–H groups in total. The van der Waals surface area contributed by atoms with E-state index < -0.39 is 5.54 Å². The van der Waals surface area contributed by atoms with Crippen molar-refractivity contribution >= 4 is 6.21 Å².